The number of anilines is 1. The number of urea groups is 1. The summed E-state index contributed by atoms with van der Waals surface area (Å²) in [5.41, 5.74) is 0.342. The molecule has 26 heavy (non-hydrogen) atoms. The van der Waals surface area contributed by atoms with E-state index in [0.29, 0.717) is 5.56 Å². The molecule has 0 radical (unpaired) electrons. The zero-order chi connectivity index (χ0) is 19.3. The molecule has 0 aliphatic rings. The third-order valence-corrected chi connectivity index (χ3v) is 4.52. The summed E-state index contributed by atoms with van der Waals surface area (Å²) in [5.74, 6) is 0.0848. The molecule has 2 aromatic heterocycles. The summed E-state index contributed by atoms with van der Waals surface area (Å²) < 4.78 is 37.9. The van der Waals surface area contributed by atoms with Gasteiger partial charge in [-0.3, -0.25) is 10.00 Å². The zero-order valence-corrected chi connectivity index (χ0v) is 15.4. The highest BCUT2D eigenvalue weighted by Crippen LogP contribution is 2.18. The fourth-order valence-corrected chi connectivity index (χ4v) is 3.25. The quantitative estimate of drug-likeness (QED) is 0.747. The third kappa shape index (κ3) is 4.27. The molecule has 0 atom stereocenters. The Balaban J connectivity index is 2.23. The van der Waals surface area contributed by atoms with Gasteiger partial charge in [0.05, 0.1) is 26.5 Å². The Hall–Kier alpha value is -3.15. The number of hydrogen-bond acceptors (Lipinski definition) is 8. The van der Waals surface area contributed by atoms with Crippen molar-refractivity contribution in [3.8, 4) is 11.8 Å². The summed E-state index contributed by atoms with van der Waals surface area (Å²) in [5, 5.41) is 5.96. The van der Waals surface area contributed by atoms with Crippen molar-refractivity contribution in [1.29, 1.82) is 0 Å². The van der Waals surface area contributed by atoms with Crippen LogP contribution in [0.3, 0.4) is 0 Å². The van der Waals surface area contributed by atoms with Gasteiger partial charge in [0, 0.05) is 12.6 Å². The van der Waals surface area contributed by atoms with E-state index in [0.717, 1.165) is 4.68 Å². The van der Waals surface area contributed by atoms with Crippen molar-refractivity contribution < 1.29 is 22.7 Å². The molecule has 0 unspecified atom stereocenters. The number of ether oxygens (including phenoxy) is 2. The van der Waals surface area contributed by atoms with E-state index < -0.39 is 16.1 Å². The minimum Gasteiger partial charge on any atom is -0.481 e. The van der Waals surface area contributed by atoms with E-state index >= 15 is 0 Å². The Morgan fingerprint density at radius 3 is 2.38 bits per heavy atom. The number of carbonyl (C=O) groups excluding carboxylic acids is 1. The number of methoxy groups -OCH3 is 2. The van der Waals surface area contributed by atoms with Gasteiger partial charge in [-0.25, -0.2) is 9.52 Å². The number of hydrogen-bond donors (Lipinski definition) is 2. The number of aryl methyl sites for hydroxylation is 1. The van der Waals surface area contributed by atoms with E-state index in [-0.39, 0.29) is 22.7 Å². The lowest BCUT2D eigenvalue weighted by molar-refractivity contribution is 0.256. The first-order valence-corrected chi connectivity index (χ1v) is 8.74. The number of nitrogens with one attached hydrogen (secondary N) is 2. The molecule has 2 N–H and O–H groups in total. The molecule has 140 valence electrons. The lowest BCUT2D eigenvalue weighted by Crippen LogP contribution is -2.36. The van der Waals surface area contributed by atoms with Crippen LogP contribution in [-0.4, -0.2) is 48.4 Å². The molecule has 2 aromatic rings. The van der Waals surface area contributed by atoms with Gasteiger partial charge in [0.25, 0.3) is 10.0 Å². The first kappa shape index (κ1) is 19.2. The summed E-state index contributed by atoms with van der Waals surface area (Å²) in [6.07, 6.45) is 4.60. The van der Waals surface area contributed by atoms with Crippen LogP contribution in [0.5, 0.6) is 11.8 Å². The fourth-order valence-electron chi connectivity index (χ4n) is 2.03. The highest BCUT2D eigenvalue weighted by molar-refractivity contribution is 7.90. The molecule has 2 rings (SSSR count). The number of allylic oxidation sites excluding steroid dienone is 1. The van der Waals surface area contributed by atoms with Crippen LogP contribution < -0.4 is 19.5 Å². The first-order chi connectivity index (χ1) is 12.3. The minimum absolute atomic E-state index is 0.136. The second kappa shape index (κ2) is 7.82. The Bertz CT molecular complexity index is 915. The van der Waals surface area contributed by atoms with Crippen LogP contribution in [0.2, 0.25) is 0 Å². The standard InChI is InChI=1S/C14H18N6O5S/c1-5-6-9-8-15-20(2)12(9)26(22,23)19-14(21)18-13-16-10(24-3)7-11(17-13)25-4/h5-8H,1-4H3,(H2,16,17,18,19,21). The molecule has 0 fully saturated rings. The van der Waals surface area contributed by atoms with Crippen molar-refractivity contribution in [3.63, 3.8) is 0 Å². The average Bonchev–Trinajstić information content (AvgIpc) is 2.95. The molecular weight excluding hydrogens is 364 g/mol. The highest BCUT2D eigenvalue weighted by Gasteiger charge is 2.25. The Kier molecular flexibility index (Phi) is 5.77. The number of nitrogens with zero attached hydrogens (tertiary/aromatic N) is 4. The van der Waals surface area contributed by atoms with E-state index in [4.69, 9.17) is 9.47 Å². The van der Waals surface area contributed by atoms with Crippen molar-refractivity contribution in [1.82, 2.24) is 24.5 Å². The lowest BCUT2D eigenvalue weighted by Gasteiger charge is -2.10. The van der Waals surface area contributed by atoms with Crippen LogP contribution in [-0.2, 0) is 17.1 Å². The van der Waals surface area contributed by atoms with Gasteiger partial charge in [-0.1, -0.05) is 12.2 Å². The van der Waals surface area contributed by atoms with Gasteiger partial charge in [0.1, 0.15) is 0 Å². The molecule has 0 saturated heterocycles. The van der Waals surface area contributed by atoms with E-state index in [1.165, 1.54) is 33.5 Å². The number of carbonyl (C=O) groups is 1. The van der Waals surface area contributed by atoms with Crippen molar-refractivity contribution in [2.75, 3.05) is 19.5 Å². The molecule has 2 heterocycles. The third-order valence-electron chi connectivity index (χ3n) is 3.06. The number of rotatable bonds is 6. The number of amides is 2. The largest absolute Gasteiger partial charge is 0.481 e. The summed E-state index contributed by atoms with van der Waals surface area (Å²) in [6, 6.07) is 0.353. The molecule has 0 aliphatic carbocycles. The summed E-state index contributed by atoms with van der Waals surface area (Å²) in [6.45, 7) is 1.73. The van der Waals surface area contributed by atoms with E-state index in [9.17, 15) is 13.2 Å². The monoisotopic (exact) mass is 382 g/mol. The summed E-state index contributed by atoms with van der Waals surface area (Å²) >= 11 is 0. The second-order valence-electron chi connectivity index (χ2n) is 4.86. The smallest absolute Gasteiger partial charge is 0.335 e. The van der Waals surface area contributed by atoms with Crippen LogP contribution in [0.1, 0.15) is 12.5 Å². The lowest BCUT2D eigenvalue weighted by atomic mass is 10.3. The van der Waals surface area contributed by atoms with Gasteiger partial charge >= 0.3 is 6.03 Å². The molecule has 0 aromatic carbocycles. The molecule has 2 amide bonds. The molecule has 12 heteroatoms. The Morgan fingerprint density at radius 1 is 1.23 bits per heavy atom. The van der Waals surface area contributed by atoms with Gasteiger partial charge < -0.3 is 9.47 Å². The van der Waals surface area contributed by atoms with E-state index in [2.05, 4.69) is 20.4 Å². The molecule has 11 nitrogen and oxygen atoms in total. The topological polar surface area (TPSA) is 137 Å². The van der Waals surface area contributed by atoms with Crippen molar-refractivity contribution in [2.24, 2.45) is 7.05 Å². The van der Waals surface area contributed by atoms with Gasteiger partial charge in [-0.05, 0) is 6.92 Å². The Labute approximate surface area is 150 Å². The number of sulfonamides is 1. The van der Waals surface area contributed by atoms with Crippen LogP contribution in [0, 0.1) is 0 Å². The van der Waals surface area contributed by atoms with Crippen LogP contribution in [0.4, 0.5) is 10.7 Å². The van der Waals surface area contributed by atoms with Gasteiger partial charge in [-0.15, -0.1) is 0 Å². The zero-order valence-electron chi connectivity index (χ0n) is 14.5. The van der Waals surface area contributed by atoms with Crippen molar-refractivity contribution >= 4 is 28.1 Å². The molecule has 0 spiro atoms. The van der Waals surface area contributed by atoms with Gasteiger partial charge in [0.15, 0.2) is 5.03 Å². The average molecular weight is 382 g/mol. The first-order valence-electron chi connectivity index (χ1n) is 7.26. The van der Waals surface area contributed by atoms with Crippen LogP contribution >= 0.6 is 0 Å². The predicted octanol–water partition coefficient (Wildman–Crippen LogP) is 0.771. The SMILES string of the molecule is CC=Cc1cnn(C)c1S(=O)(=O)NC(=O)Nc1nc(OC)cc(OC)n1. The second-order valence-corrected chi connectivity index (χ2v) is 6.46. The molecular formula is C14H18N6O5S. The van der Waals surface area contributed by atoms with Gasteiger partial charge in [-0.2, -0.15) is 23.5 Å². The predicted molar refractivity (Wildman–Crippen MR) is 92.4 cm³/mol. The molecule has 0 saturated carbocycles. The van der Waals surface area contributed by atoms with Crippen LogP contribution in [0.15, 0.2) is 23.4 Å². The number of aromatic nitrogens is 4. The molecule has 0 aliphatic heterocycles. The summed E-state index contributed by atoms with van der Waals surface area (Å²) in [7, 11) is 0.0243. The maximum atomic E-state index is 12.5. The minimum atomic E-state index is -4.18. The van der Waals surface area contributed by atoms with Gasteiger partial charge in [0.2, 0.25) is 17.7 Å². The molecule has 0 bridgehead atoms. The van der Waals surface area contributed by atoms with E-state index in [1.807, 2.05) is 4.72 Å². The maximum Gasteiger partial charge on any atom is 0.335 e. The van der Waals surface area contributed by atoms with Crippen molar-refractivity contribution in [3.05, 3.63) is 23.9 Å². The fraction of sp³-hybridized carbons (Fsp3) is 0.286. The maximum absolute atomic E-state index is 12.5. The Morgan fingerprint density at radius 2 is 1.85 bits per heavy atom. The van der Waals surface area contributed by atoms with Crippen molar-refractivity contribution in [2.45, 2.75) is 11.9 Å². The normalized spacial score (nSPS) is 11.4. The van der Waals surface area contributed by atoms with E-state index in [1.54, 1.807) is 19.1 Å². The summed E-state index contributed by atoms with van der Waals surface area (Å²) in [4.78, 5) is 19.9. The highest BCUT2D eigenvalue weighted by atomic mass is 32.2. The van der Waals surface area contributed by atoms with Crippen LogP contribution in [0.25, 0.3) is 6.08 Å².